The lowest BCUT2D eigenvalue weighted by atomic mass is 9.96. The van der Waals surface area contributed by atoms with Crippen molar-refractivity contribution >= 4 is 51.7 Å². The zero-order chi connectivity index (χ0) is 34.3. The van der Waals surface area contributed by atoms with Crippen LogP contribution in [0.2, 0.25) is 5.02 Å². The van der Waals surface area contributed by atoms with Gasteiger partial charge in [-0.1, -0.05) is 35.9 Å². The second-order valence-corrected chi connectivity index (χ2v) is 13.6. The Morgan fingerprint density at radius 3 is 2.58 bits per heavy atom. The molecule has 0 saturated carbocycles. The van der Waals surface area contributed by atoms with Crippen molar-refractivity contribution in [1.82, 2.24) is 14.9 Å². The van der Waals surface area contributed by atoms with Crippen LogP contribution in [0.3, 0.4) is 0 Å². The SMILES string of the molecule is Cc1c(-c2nc3cc(CO)c(OC(F)F)cc3o2)cccc1-c1cccc(NC(=O)c2nc3c(s2)CCN(C(=O)OC(C)(C)C)C3)c1Cl. The summed E-state index contributed by atoms with van der Waals surface area (Å²) in [5.41, 5.74) is 3.96. The van der Waals surface area contributed by atoms with Crippen molar-refractivity contribution in [2.45, 2.75) is 59.5 Å². The molecule has 2 N–H and O–H groups in total. The highest BCUT2D eigenvalue weighted by molar-refractivity contribution is 7.13. The van der Waals surface area contributed by atoms with Gasteiger partial charge in [-0.3, -0.25) is 4.79 Å². The Morgan fingerprint density at radius 2 is 1.85 bits per heavy atom. The van der Waals surface area contributed by atoms with Gasteiger partial charge in [0.1, 0.15) is 16.9 Å². The molecular formula is C34H31ClF2N4O6S. The summed E-state index contributed by atoms with van der Waals surface area (Å²) in [4.78, 5) is 37.5. The topological polar surface area (TPSA) is 127 Å². The van der Waals surface area contributed by atoms with Crippen molar-refractivity contribution in [2.24, 2.45) is 0 Å². The van der Waals surface area contributed by atoms with Gasteiger partial charge in [0.25, 0.3) is 5.91 Å². The summed E-state index contributed by atoms with van der Waals surface area (Å²) in [6.07, 6.45) is 0.147. The number of hydrogen-bond acceptors (Lipinski definition) is 9. The lowest BCUT2D eigenvalue weighted by molar-refractivity contribution is -0.0508. The first-order valence-electron chi connectivity index (χ1n) is 15.0. The fraction of sp³-hybridized carbons (Fsp3) is 0.294. The van der Waals surface area contributed by atoms with Crippen molar-refractivity contribution in [3.63, 3.8) is 0 Å². The Kier molecular flexibility index (Phi) is 9.12. The summed E-state index contributed by atoms with van der Waals surface area (Å²) in [7, 11) is 0. The molecule has 0 aliphatic carbocycles. The molecule has 2 aromatic heterocycles. The minimum atomic E-state index is -3.07. The molecule has 1 aliphatic rings. The number of nitrogens with one attached hydrogen (secondary N) is 1. The molecule has 0 atom stereocenters. The van der Waals surface area contributed by atoms with E-state index in [1.807, 2.05) is 39.8 Å². The summed E-state index contributed by atoms with van der Waals surface area (Å²) in [6, 6.07) is 13.5. The smallest absolute Gasteiger partial charge is 0.410 e. The summed E-state index contributed by atoms with van der Waals surface area (Å²) in [5, 5.41) is 13.1. The Hall–Kier alpha value is -4.59. The molecule has 6 rings (SSSR count). The number of aliphatic hydroxyl groups excluding tert-OH is 1. The summed E-state index contributed by atoms with van der Waals surface area (Å²) in [6.45, 7) is 4.44. The van der Waals surface area contributed by atoms with Crippen LogP contribution in [0.5, 0.6) is 5.75 Å². The number of halogens is 3. The lowest BCUT2D eigenvalue weighted by Crippen LogP contribution is -2.39. The monoisotopic (exact) mass is 696 g/mol. The molecule has 2 amide bonds. The fourth-order valence-electron chi connectivity index (χ4n) is 5.39. The van der Waals surface area contributed by atoms with Gasteiger partial charge in [0.05, 0.1) is 29.6 Å². The van der Waals surface area contributed by atoms with E-state index in [0.717, 1.165) is 16.0 Å². The van der Waals surface area contributed by atoms with Crippen LogP contribution in [-0.2, 0) is 24.3 Å². The number of aliphatic hydroxyl groups is 1. The Labute approximate surface area is 283 Å². The maximum absolute atomic E-state index is 13.3. The predicted octanol–water partition coefficient (Wildman–Crippen LogP) is 8.22. The summed E-state index contributed by atoms with van der Waals surface area (Å²) < 4.78 is 41.8. The number of rotatable bonds is 7. The van der Waals surface area contributed by atoms with Gasteiger partial charge in [0.15, 0.2) is 10.6 Å². The van der Waals surface area contributed by atoms with E-state index < -0.39 is 30.8 Å². The maximum atomic E-state index is 13.3. The number of carbonyl (C=O) groups excluding carboxylic acids is 2. The molecule has 48 heavy (non-hydrogen) atoms. The van der Waals surface area contributed by atoms with Gasteiger partial charge in [0, 0.05) is 40.6 Å². The van der Waals surface area contributed by atoms with Crippen LogP contribution in [0.1, 0.15) is 52.3 Å². The number of alkyl halides is 2. The minimum absolute atomic E-state index is 0.152. The zero-order valence-electron chi connectivity index (χ0n) is 26.4. The molecule has 3 heterocycles. The van der Waals surface area contributed by atoms with Crippen LogP contribution in [0.4, 0.5) is 19.3 Å². The average Bonchev–Trinajstić information content (AvgIpc) is 3.64. The van der Waals surface area contributed by atoms with E-state index in [1.54, 1.807) is 29.2 Å². The number of carbonyl (C=O) groups is 2. The largest absolute Gasteiger partial charge is 0.444 e. The second kappa shape index (κ2) is 13.1. The number of oxazole rings is 1. The average molecular weight is 697 g/mol. The van der Waals surface area contributed by atoms with Crippen molar-refractivity contribution < 1.29 is 37.4 Å². The Bertz CT molecular complexity index is 2040. The number of thiazole rings is 1. The third-order valence-corrected chi connectivity index (χ3v) is 9.20. The number of ether oxygens (including phenoxy) is 2. The number of benzene rings is 3. The Morgan fingerprint density at radius 1 is 1.12 bits per heavy atom. The number of aromatic nitrogens is 2. The van der Waals surface area contributed by atoms with Crippen LogP contribution >= 0.6 is 22.9 Å². The molecule has 5 aromatic rings. The molecule has 0 unspecified atom stereocenters. The van der Waals surface area contributed by atoms with Gasteiger partial charge >= 0.3 is 12.7 Å². The van der Waals surface area contributed by atoms with Crippen LogP contribution in [0, 0.1) is 6.92 Å². The standard InChI is InChI=1S/C34H31ClF2N4O6S/c1-17-19(7-5-8-20(17)30-39-23-13-18(16-42)25(46-32(36)37)14-26(23)45-30)21-9-6-10-22(28(21)35)38-29(43)31-40-24-15-41(12-11-27(24)48-31)33(44)47-34(2,3)4/h5-10,13-14,32,42H,11-12,15-16H2,1-4H3,(H,38,43). The van der Waals surface area contributed by atoms with Crippen LogP contribution in [-0.4, -0.2) is 50.7 Å². The van der Waals surface area contributed by atoms with Crippen LogP contribution in [0.25, 0.3) is 33.7 Å². The Balaban J connectivity index is 1.24. The number of amides is 2. The van der Waals surface area contributed by atoms with E-state index in [-0.39, 0.29) is 34.3 Å². The van der Waals surface area contributed by atoms with Gasteiger partial charge in [-0.05, 0) is 57.0 Å². The van der Waals surface area contributed by atoms with Crippen LogP contribution in [0.15, 0.2) is 52.9 Å². The molecule has 0 spiro atoms. The quantitative estimate of drug-likeness (QED) is 0.174. The maximum Gasteiger partial charge on any atom is 0.410 e. The van der Waals surface area contributed by atoms with Crippen molar-refractivity contribution in [3.05, 3.63) is 80.3 Å². The van der Waals surface area contributed by atoms with Gasteiger partial charge in [-0.2, -0.15) is 8.78 Å². The third kappa shape index (κ3) is 6.84. The highest BCUT2D eigenvalue weighted by Crippen LogP contribution is 2.40. The normalized spacial score (nSPS) is 13.1. The number of anilines is 1. The molecular weight excluding hydrogens is 666 g/mol. The number of fused-ring (bicyclic) bond motifs is 2. The molecule has 0 bridgehead atoms. The summed E-state index contributed by atoms with van der Waals surface area (Å²) >= 11 is 8.17. The van der Waals surface area contributed by atoms with E-state index in [2.05, 4.69) is 20.0 Å². The van der Waals surface area contributed by atoms with Gasteiger partial charge in [-0.15, -0.1) is 11.3 Å². The van der Waals surface area contributed by atoms with E-state index in [9.17, 15) is 23.5 Å². The first kappa shape index (κ1) is 33.3. The highest BCUT2D eigenvalue weighted by atomic mass is 35.5. The molecule has 0 saturated heterocycles. The lowest BCUT2D eigenvalue weighted by Gasteiger charge is -2.29. The second-order valence-electron chi connectivity index (χ2n) is 12.1. The number of hydrogen-bond donors (Lipinski definition) is 2. The third-order valence-electron chi connectivity index (χ3n) is 7.63. The predicted molar refractivity (Wildman–Crippen MR) is 178 cm³/mol. The molecule has 14 heteroatoms. The molecule has 0 fully saturated rings. The molecule has 250 valence electrons. The highest BCUT2D eigenvalue weighted by Gasteiger charge is 2.29. The minimum Gasteiger partial charge on any atom is -0.444 e. The molecule has 0 radical (unpaired) electrons. The van der Waals surface area contributed by atoms with Gasteiger partial charge in [0.2, 0.25) is 5.89 Å². The molecule has 1 aliphatic heterocycles. The van der Waals surface area contributed by atoms with Gasteiger partial charge < -0.3 is 29.2 Å². The molecule has 3 aromatic carbocycles. The first-order chi connectivity index (χ1) is 22.8. The van der Waals surface area contributed by atoms with E-state index in [0.29, 0.717) is 46.0 Å². The zero-order valence-corrected chi connectivity index (χ0v) is 28.0. The first-order valence-corrected chi connectivity index (χ1v) is 16.2. The van der Waals surface area contributed by atoms with E-state index in [4.69, 9.17) is 20.8 Å². The van der Waals surface area contributed by atoms with E-state index in [1.165, 1.54) is 23.5 Å². The fourth-order valence-corrected chi connectivity index (χ4v) is 6.62. The van der Waals surface area contributed by atoms with Crippen LogP contribution < -0.4 is 10.1 Å². The van der Waals surface area contributed by atoms with Gasteiger partial charge in [-0.25, -0.2) is 14.8 Å². The van der Waals surface area contributed by atoms with E-state index >= 15 is 0 Å². The number of nitrogens with zero attached hydrogens (tertiary/aromatic N) is 3. The van der Waals surface area contributed by atoms with Crippen molar-refractivity contribution in [1.29, 1.82) is 0 Å². The van der Waals surface area contributed by atoms with Crippen molar-refractivity contribution in [2.75, 3.05) is 11.9 Å². The summed E-state index contributed by atoms with van der Waals surface area (Å²) in [5.74, 6) is -0.382. The van der Waals surface area contributed by atoms with Crippen molar-refractivity contribution in [3.8, 4) is 28.3 Å². The molecule has 10 nitrogen and oxygen atoms in total.